The molecule has 0 saturated carbocycles. The maximum absolute atomic E-state index is 13.9. The number of carbonyl (C=O) groups is 1. The quantitative estimate of drug-likeness (QED) is 0.234. The van der Waals surface area contributed by atoms with Gasteiger partial charge in [0.25, 0.3) is 5.91 Å². The summed E-state index contributed by atoms with van der Waals surface area (Å²) in [5, 5.41) is 0.617. The van der Waals surface area contributed by atoms with Gasteiger partial charge in [-0.15, -0.1) is 0 Å². The van der Waals surface area contributed by atoms with E-state index in [1.54, 1.807) is 30.6 Å². The lowest BCUT2D eigenvalue weighted by atomic mass is 10.0. The minimum absolute atomic E-state index is 0.334. The molecule has 0 bridgehead atoms. The molecule has 4 aromatic rings. The predicted molar refractivity (Wildman–Crippen MR) is 114 cm³/mol. The first-order valence-corrected chi connectivity index (χ1v) is 9.19. The van der Waals surface area contributed by atoms with Gasteiger partial charge in [-0.2, -0.15) is 0 Å². The number of fused-ring (bicyclic) bond motifs is 1. The number of amides is 1. The van der Waals surface area contributed by atoms with Crippen LogP contribution in [0.1, 0.15) is 27.0 Å². The van der Waals surface area contributed by atoms with Crippen molar-refractivity contribution in [1.82, 2.24) is 15.4 Å². The highest BCUT2D eigenvalue weighted by Gasteiger charge is 2.13. The van der Waals surface area contributed by atoms with Gasteiger partial charge in [0.1, 0.15) is 5.82 Å². The van der Waals surface area contributed by atoms with Gasteiger partial charge in [0, 0.05) is 28.9 Å². The highest BCUT2D eigenvalue weighted by atomic mass is 19.1. The van der Waals surface area contributed by atoms with Crippen LogP contribution >= 0.6 is 0 Å². The van der Waals surface area contributed by atoms with Crippen molar-refractivity contribution < 1.29 is 9.18 Å². The topological polar surface area (TPSA) is 80.9 Å². The van der Waals surface area contributed by atoms with E-state index in [2.05, 4.69) is 27.2 Å². The van der Waals surface area contributed by atoms with E-state index in [-0.39, 0.29) is 5.82 Å². The van der Waals surface area contributed by atoms with E-state index in [1.807, 2.05) is 37.3 Å². The van der Waals surface area contributed by atoms with E-state index in [9.17, 15) is 9.18 Å². The first kappa shape index (κ1) is 19.2. The Hall–Kier alpha value is -4.08. The second kappa shape index (κ2) is 8.11. The Bertz CT molecular complexity index is 1320. The normalized spacial score (nSPS) is 10.4. The van der Waals surface area contributed by atoms with Gasteiger partial charge in [-0.3, -0.25) is 15.2 Å². The number of nitrogens with one attached hydrogen (secondary N) is 1. The summed E-state index contributed by atoms with van der Waals surface area (Å²) in [5.41, 5.74) is 6.57. The summed E-state index contributed by atoms with van der Waals surface area (Å²) in [4.78, 5) is 20.9. The van der Waals surface area contributed by atoms with Crippen LogP contribution in [0, 0.1) is 24.6 Å². The second-order valence-electron chi connectivity index (χ2n) is 6.73. The number of hydrogen-bond donors (Lipinski definition) is 2. The number of nitrogens with zero attached hydrogens (tertiary/aromatic N) is 2. The zero-order chi connectivity index (χ0) is 21.1. The number of aromatic nitrogens is 2. The van der Waals surface area contributed by atoms with Crippen molar-refractivity contribution in [3.8, 4) is 23.1 Å². The maximum Gasteiger partial charge on any atom is 0.265 e. The number of hydrazine groups is 1. The Kier molecular flexibility index (Phi) is 5.21. The average Bonchev–Trinajstić information content (AvgIpc) is 2.77. The number of benzene rings is 2. The van der Waals surface area contributed by atoms with Gasteiger partial charge < -0.3 is 0 Å². The van der Waals surface area contributed by atoms with Crippen molar-refractivity contribution in [3.63, 3.8) is 0 Å². The van der Waals surface area contributed by atoms with Crippen molar-refractivity contribution in [2.45, 2.75) is 6.92 Å². The van der Waals surface area contributed by atoms with Crippen LogP contribution in [0.4, 0.5) is 4.39 Å². The number of pyridine rings is 2. The summed E-state index contributed by atoms with van der Waals surface area (Å²) in [6, 6.07) is 15.7. The summed E-state index contributed by atoms with van der Waals surface area (Å²) in [6.07, 6.45) is 3.20. The first-order chi connectivity index (χ1) is 14.5. The summed E-state index contributed by atoms with van der Waals surface area (Å²) in [5.74, 6) is 10.4. The molecule has 2 heterocycles. The largest absolute Gasteiger partial charge is 0.290 e. The third kappa shape index (κ3) is 3.88. The molecule has 3 N–H and O–H groups in total. The van der Waals surface area contributed by atoms with E-state index < -0.39 is 5.91 Å². The van der Waals surface area contributed by atoms with Crippen molar-refractivity contribution >= 4 is 16.8 Å². The molecule has 0 spiro atoms. The molecule has 0 unspecified atom stereocenters. The highest BCUT2D eigenvalue weighted by molar-refractivity contribution is 6.06. The summed E-state index contributed by atoms with van der Waals surface area (Å²) in [6.45, 7) is 1.83. The highest BCUT2D eigenvalue weighted by Crippen LogP contribution is 2.24. The van der Waals surface area contributed by atoms with Crippen molar-refractivity contribution in [2.75, 3.05) is 0 Å². The van der Waals surface area contributed by atoms with Crippen LogP contribution in [0.2, 0.25) is 0 Å². The van der Waals surface area contributed by atoms with E-state index in [0.29, 0.717) is 27.7 Å². The van der Waals surface area contributed by atoms with Gasteiger partial charge in [0.05, 0.1) is 22.3 Å². The fourth-order valence-corrected chi connectivity index (χ4v) is 3.07. The maximum atomic E-state index is 13.9. The molecule has 2 aromatic heterocycles. The number of aryl methyl sites for hydroxylation is 1. The molecular formula is C24H17FN4O. The van der Waals surface area contributed by atoms with Crippen LogP contribution < -0.4 is 11.3 Å². The van der Waals surface area contributed by atoms with Gasteiger partial charge in [-0.1, -0.05) is 30.0 Å². The molecule has 0 aliphatic rings. The van der Waals surface area contributed by atoms with Gasteiger partial charge >= 0.3 is 0 Å². The smallest absolute Gasteiger partial charge is 0.265 e. The molecule has 0 saturated heterocycles. The molecule has 146 valence electrons. The third-order valence-corrected chi connectivity index (χ3v) is 4.63. The fourth-order valence-electron chi connectivity index (χ4n) is 3.07. The lowest BCUT2D eigenvalue weighted by Crippen LogP contribution is -2.30. The standard InChI is InChI=1S/C24H17FN4O/c1-15-2-6-17(21(25)12-15)7-3-16-4-8-18(9-5-16)23-13-19(24(30)29-26)20-14-27-11-10-22(20)28-23/h2,4-6,8-14H,26H2,1H3,(H,29,30). The van der Waals surface area contributed by atoms with E-state index in [1.165, 1.54) is 6.07 Å². The van der Waals surface area contributed by atoms with E-state index >= 15 is 0 Å². The molecule has 4 rings (SSSR count). The van der Waals surface area contributed by atoms with E-state index in [4.69, 9.17) is 5.84 Å². The number of carbonyl (C=O) groups excluding carboxylic acids is 1. The van der Waals surface area contributed by atoms with Crippen molar-refractivity contribution in [1.29, 1.82) is 0 Å². The summed E-state index contributed by atoms with van der Waals surface area (Å²) in [7, 11) is 0. The average molecular weight is 396 g/mol. The summed E-state index contributed by atoms with van der Waals surface area (Å²) >= 11 is 0. The molecular weight excluding hydrogens is 379 g/mol. The number of hydrogen-bond acceptors (Lipinski definition) is 4. The molecule has 5 nitrogen and oxygen atoms in total. The minimum atomic E-state index is -0.417. The van der Waals surface area contributed by atoms with Crippen LogP contribution in [-0.2, 0) is 0 Å². The molecule has 30 heavy (non-hydrogen) atoms. The molecule has 6 heteroatoms. The van der Waals surface area contributed by atoms with E-state index in [0.717, 1.165) is 16.7 Å². The zero-order valence-electron chi connectivity index (χ0n) is 16.1. The lowest BCUT2D eigenvalue weighted by Gasteiger charge is -2.08. The van der Waals surface area contributed by atoms with Crippen LogP contribution in [0.5, 0.6) is 0 Å². The molecule has 1 amide bonds. The number of nitrogen functional groups attached to an aromatic ring is 1. The Labute approximate surface area is 172 Å². The molecule has 0 aliphatic carbocycles. The van der Waals surface area contributed by atoms with Gasteiger partial charge in [-0.05, 0) is 48.9 Å². The summed E-state index contributed by atoms with van der Waals surface area (Å²) < 4.78 is 13.9. The van der Waals surface area contributed by atoms with Crippen molar-refractivity contribution in [2.24, 2.45) is 5.84 Å². The Morgan fingerprint density at radius 2 is 1.87 bits per heavy atom. The first-order valence-electron chi connectivity index (χ1n) is 9.19. The Morgan fingerprint density at radius 3 is 2.60 bits per heavy atom. The monoisotopic (exact) mass is 396 g/mol. The second-order valence-corrected chi connectivity index (χ2v) is 6.73. The number of halogens is 1. The minimum Gasteiger partial charge on any atom is -0.290 e. The fraction of sp³-hybridized carbons (Fsp3) is 0.0417. The van der Waals surface area contributed by atoms with Gasteiger partial charge in [0.2, 0.25) is 0 Å². The predicted octanol–water partition coefficient (Wildman–Crippen LogP) is 3.75. The third-order valence-electron chi connectivity index (χ3n) is 4.63. The zero-order valence-corrected chi connectivity index (χ0v) is 16.1. The molecule has 0 atom stereocenters. The van der Waals surface area contributed by atoms with Crippen LogP contribution in [0.25, 0.3) is 22.2 Å². The molecule has 2 aromatic carbocycles. The molecule has 0 fully saturated rings. The SMILES string of the molecule is Cc1ccc(C#Cc2ccc(-c3cc(C(=O)NN)c4cnccc4n3)cc2)c(F)c1. The Balaban J connectivity index is 1.69. The molecule has 0 radical (unpaired) electrons. The number of rotatable bonds is 2. The van der Waals surface area contributed by atoms with Gasteiger partial charge in [-0.25, -0.2) is 15.2 Å². The lowest BCUT2D eigenvalue weighted by molar-refractivity contribution is 0.0955. The van der Waals surface area contributed by atoms with Crippen molar-refractivity contribution in [3.05, 3.63) is 95.1 Å². The molecule has 0 aliphatic heterocycles. The van der Waals surface area contributed by atoms with Crippen LogP contribution in [0.3, 0.4) is 0 Å². The number of nitrogens with two attached hydrogens (primary N) is 1. The van der Waals surface area contributed by atoms with Gasteiger partial charge in [0.15, 0.2) is 0 Å². The van der Waals surface area contributed by atoms with Crippen LogP contribution in [-0.4, -0.2) is 15.9 Å². The van der Waals surface area contributed by atoms with Crippen LogP contribution in [0.15, 0.2) is 67.0 Å². The Morgan fingerprint density at radius 1 is 1.07 bits per heavy atom.